The molecule has 0 amide bonds. The minimum atomic E-state index is -0.329. The standard InChI is InChI=1S/C12H15NO2.ClH/c1-3-5-12(13)10-6-4-7-11(8-10)15-9(2)14;/h3-4,6-8,12H,1,5,13H2,2H3;1H/t12-;/m1./s1. The van der Waals surface area contributed by atoms with Crippen LogP contribution in [0.5, 0.6) is 5.75 Å². The van der Waals surface area contributed by atoms with Crippen LogP contribution in [0.4, 0.5) is 0 Å². The Hall–Kier alpha value is -1.32. The van der Waals surface area contributed by atoms with Gasteiger partial charge in [-0.2, -0.15) is 0 Å². The molecule has 0 aliphatic rings. The van der Waals surface area contributed by atoms with Gasteiger partial charge >= 0.3 is 5.97 Å². The maximum atomic E-state index is 10.8. The van der Waals surface area contributed by atoms with Crippen LogP contribution in [-0.4, -0.2) is 5.97 Å². The summed E-state index contributed by atoms with van der Waals surface area (Å²) < 4.78 is 4.96. The molecule has 0 aliphatic carbocycles. The van der Waals surface area contributed by atoms with Crippen molar-refractivity contribution in [1.82, 2.24) is 0 Å². The molecule has 3 nitrogen and oxygen atoms in total. The summed E-state index contributed by atoms with van der Waals surface area (Å²) in [5.41, 5.74) is 6.83. The van der Waals surface area contributed by atoms with Gasteiger partial charge in [-0.1, -0.05) is 18.2 Å². The first-order valence-corrected chi connectivity index (χ1v) is 4.78. The first-order valence-electron chi connectivity index (χ1n) is 4.78. The van der Waals surface area contributed by atoms with Gasteiger partial charge in [-0.15, -0.1) is 19.0 Å². The third-order valence-electron chi connectivity index (χ3n) is 1.97. The third-order valence-corrected chi connectivity index (χ3v) is 1.97. The largest absolute Gasteiger partial charge is 0.427 e. The topological polar surface area (TPSA) is 52.3 Å². The Balaban J connectivity index is 0.00000225. The molecule has 88 valence electrons. The van der Waals surface area contributed by atoms with Gasteiger partial charge in [0.25, 0.3) is 0 Å². The molecule has 2 N–H and O–H groups in total. The monoisotopic (exact) mass is 241 g/mol. The molecule has 0 bridgehead atoms. The Labute approximate surface area is 102 Å². The highest BCUT2D eigenvalue weighted by Gasteiger charge is 2.05. The molecule has 0 saturated heterocycles. The van der Waals surface area contributed by atoms with Crippen LogP contribution in [0.2, 0.25) is 0 Å². The highest BCUT2D eigenvalue weighted by molar-refractivity contribution is 5.85. The molecular formula is C12H16ClNO2. The molecule has 1 aromatic rings. The molecule has 0 spiro atoms. The average molecular weight is 242 g/mol. The highest BCUT2D eigenvalue weighted by Crippen LogP contribution is 2.20. The summed E-state index contributed by atoms with van der Waals surface area (Å²) in [4.78, 5) is 10.8. The Bertz CT molecular complexity index is 366. The number of nitrogens with two attached hydrogens (primary N) is 1. The third kappa shape index (κ3) is 4.47. The number of rotatable bonds is 4. The van der Waals surface area contributed by atoms with E-state index in [9.17, 15) is 4.79 Å². The quantitative estimate of drug-likeness (QED) is 0.501. The van der Waals surface area contributed by atoms with Crippen LogP contribution in [0.25, 0.3) is 0 Å². The summed E-state index contributed by atoms with van der Waals surface area (Å²) in [5, 5.41) is 0. The van der Waals surface area contributed by atoms with E-state index in [0.29, 0.717) is 12.2 Å². The van der Waals surface area contributed by atoms with E-state index in [2.05, 4.69) is 6.58 Å². The molecule has 0 unspecified atom stereocenters. The van der Waals surface area contributed by atoms with Gasteiger partial charge in [-0.05, 0) is 24.1 Å². The molecule has 0 heterocycles. The van der Waals surface area contributed by atoms with Crippen LogP contribution in [0.1, 0.15) is 24.9 Å². The lowest BCUT2D eigenvalue weighted by Gasteiger charge is -2.10. The smallest absolute Gasteiger partial charge is 0.308 e. The number of hydrogen-bond acceptors (Lipinski definition) is 3. The van der Waals surface area contributed by atoms with Crippen LogP contribution < -0.4 is 10.5 Å². The number of esters is 1. The van der Waals surface area contributed by atoms with Crippen LogP contribution in [-0.2, 0) is 4.79 Å². The number of benzene rings is 1. The number of carbonyl (C=O) groups excluding carboxylic acids is 1. The van der Waals surface area contributed by atoms with Gasteiger partial charge in [-0.25, -0.2) is 0 Å². The molecule has 0 aromatic heterocycles. The second-order valence-corrected chi connectivity index (χ2v) is 3.30. The lowest BCUT2D eigenvalue weighted by atomic mass is 10.0. The van der Waals surface area contributed by atoms with Crippen molar-refractivity contribution in [2.45, 2.75) is 19.4 Å². The second-order valence-electron chi connectivity index (χ2n) is 3.30. The predicted octanol–water partition coefficient (Wildman–Crippen LogP) is 2.61. The van der Waals surface area contributed by atoms with Crippen molar-refractivity contribution in [2.75, 3.05) is 0 Å². The maximum Gasteiger partial charge on any atom is 0.308 e. The van der Waals surface area contributed by atoms with Crippen molar-refractivity contribution < 1.29 is 9.53 Å². The number of carbonyl (C=O) groups is 1. The Kier molecular flexibility index (Phi) is 6.46. The van der Waals surface area contributed by atoms with Gasteiger partial charge in [0, 0.05) is 13.0 Å². The van der Waals surface area contributed by atoms with Gasteiger partial charge in [0.15, 0.2) is 0 Å². The number of halogens is 1. The van der Waals surface area contributed by atoms with E-state index < -0.39 is 0 Å². The summed E-state index contributed by atoms with van der Waals surface area (Å²) in [6.45, 7) is 5.00. The molecule has 1 rings (SSSR count). The first kappa shape index (κ1) is 14.7. The van der Waals surface area contributed by atoms with Crippen molar-refractivity contribution in [3.8, 4) is 5.75 Å². The first-order chi connectivity index (χ1) is 7.13. The molecule has 4 heteroatoms. The Morgan fingerprint density at radius 1 is 1.62 bits per heavy atom. The zero-order valence-electron chi connectivity index (χ0n) is 9.18. The van der Waals surface area contributed by atoms with Crippen LogP contribution in [0, 0.1) is 0 Å². The second kappa shape index (κ2) is 7.04. The lowest BCUT2D eigenvalue weighted by Crippen LogP contribution is -2.09. The van der Waals surface area contributed by atoms with Crippen molar-refractivity contribution in [3.63, 3.8) is 0 Å². The molecule has 16 heavy (non-hydrogen) atoms. The fraction of sp³-hybridized carbons (Fsp3) is 0.250. The molecule has 0 fully saturated rings. The summed E-state index contributed by atoms with van der Waals surface area (Å²) in [6, 6.07) is 7.12. The maximum absolute atomic E-state index is 10.8. The fourth-order valence-corrected chi connectivity index (χ4v) is 1.29. The van der Waals surface area contributed by atoms with E-state index in [-0.39, 0.29) is 24.4 Å². The van der Waals surface area contributed by atoms with Crippen LogP contribution in [0.3, 0.4) is 0 Å². The molecule has 0 saturated carbocycles. The molecular weight excluding hydrogens is 226 g/mol. The summed E-state index contributed by atoms with van der Waals surface area (Å²) in [6.07, 6.45) is 2.46. The summed E-state index contributed by atoms with van der Waals surface area (Å²) in [7, 11) is 0. The SMILES string of the molecule is C=CC[C@@H](N)c1cccc(OC(C)=O)c1.Cl. The normalized spacial score (nSPS) is 11.1. The van der Waals surface area contributed by atoms with Crippen molar-refractivity contribution >= 4 is 18.4 Å². The number of ether oxygens (including phenoxy) is 1. The Morgan fingerprint density at radius 2 is 2.31 bits per heavy atom. The minimum Gasteiger partial charge on any atom is -0.427 e. The van der Waals surface area contributed by atoms with Crippen molar-refractivity contribution in [2.24, 2.45) is 5.73 Å². The van der Waals surface area contributed by atoms with Crippen molar-refractivity contribution in [1.29, 1.82) is 0 Å². The highest BCUT2D eigenvalue weighted by atomic mass is 35.5. The average Bonchev–Trinajstić information content (AvgIpc) is 2.17. The zero-order chi connectivity index (χ0) is 11.3. The molecule has 0 aliphatic heterocycles. The minimum absolute atomic E-state index is 0. The van der Waals surface area contributed by atoms with Gasteiger partial charge in [0.1, 0.15) is 5.75 Å². The van der Waals surface area contributed by atoms with Crippen LogP contribution >= 0.6 is 12.4 Å². The van der Waals surface area contributed by atoms with Gasteiger partial charge in [0.2, 0.25) is 0 Å². The van der Waals surface area contributed by atoms with E-state index >= 15 is 0 Å². The van der Waals surface area contributed by atoms with E-state index in [1.165, 1.54) is 6.92 Å². The van der Waals surface area contributed by atoms with Gasteiger partial charge < -0.3 is 10.5 Å². The molecule has 1 aromatic carbocycles. The zero-order valence-corrected chi connectivity index (χ0v) is 10.00. The predicted molar refractivity (Wildman–Crippen MR) is 66.7 cm³/mol. The molecule has 0 radical (unpaired) electrons. The van der Waals surface area contributed by atoms with E-state index in [4.69, 9.17) is 10.5 Å². The fourth-order valence-electron chi connectivity index (χ4n) is 1.29. The summed E-state index contributed by atoms with van der Waals surface area (Å²) >= 11 is 0. The van der Waals surface area contributed by atoms with E-state index in [1.54, 1.807) is 18.2 Å². The van der Waals surface area contributed by atoms with E-state index in [0.717, 1.165) is 5.56 Å². The lowest BCUT2D eigenvalue weighted by molar-refractivity contribution is -0.131. The number of hydrogen-bond donors (Lipinski definition) is 1. The van der Waals surface area contributed by atoms with E-state index in [1.807, 2.05) is 12.1 Å². The molecule has 1 atom stereocenters. The van der Waals surface area contributed by atoms with Gasteiger partial charge in [0.05, 0.1) is 0 Å². The van der Waals surface area contributed by atoms with Crippen molar-refractivity contribution in [3.05, 3.63) is 42.5 Å². The Morgan fingerprint density at radius 3 is 2.88 bits per heavy atom. The van der Waals surface area contributed by atoms with Gasteiger partial charge in [-0.3, -0.25) is 4.79 Å². The van der Waals surface area contributed by atoms with Crippen LogP contribution in [0.15, 0.2) is 36.9 Å². The summed E-state index contributed by atoms with van der Waals surface area (Å²) in [5.74, 6) is 0.198.